The van der Waals surface area contributed by atoms with Crippen molar-refractivity contribution in [1.82, 2.24) is 15.1 Å². The summed E-state index contributed by atoms with van der Waals surface area (Å²) in [6, 6.07) is 15.9. The highest BCUT2D eigenvalue weighted by Crippen LogP contribution is 2.20. The van der Waals surface area contributed by atoms with E-state index in [4.69, 9.17) is 11.5 Å². The van der Waals surface area contributed by atoms with Gasteiger partial charge in [0.05, 0.1) is 6.42 Å². The summed E-state index contributed by atoms with van der Waals surface area (Å²) in [4.78, 5) is 17.8. The molecule has 2 aliphatic rings. The predicted molar refractivity (Wildman–Crippen MR) is 141 cm³/mol. The van der Waals surface area contributed by atoms with Gasteiger partial charge in [0.25, 0.3) is 0 Å². The number of nitrogens with one attached hydrogen (secondary N) is 1. The number of piperazine rings is 1. The van der Waals surface area contributed by atoms with E-state index in [0.29, 0.717) is 24.5 Å². The van der Waals surface area contributed by atoms with Crippen molar-refractivity contribution in [2.45, 2.75) is 76.0 Å². The molecule has 0 bridgehead atoms. The maximum Gasteiger partial charge on any atom is 0.227 e. The molecule has 2 aromatic rings. The molecule has 1 aliphatic heterocycles. The number of benzene rings is 2. The molecule has 1 amide bonds. The molecule has 1 saturated heterocycles. The van der Waals surface area contributed by atoms with Crippen LogP contribution in [0.5, 0.6) is 0 Å². The average molecular weight is 466 g/mol. The molecule has 6 heteroatoms. The lowest BCUT2D eigenvalue weighted by molar-refractivity contribution is -0.133. The van der Waals surface area contributed by atoms with E-state index in [1.807, 2.05) is 12.1 Å². The molecule has 1 saturated carbocycles. The van der Waals surface area contributed by atoms with Crippen molar-refractivity contribution in [2.75, 3.05) is 32.7 Å². The standard InChI is InChI=1S/C28H43N5O/c1-21(29)19-32-15-16-33(20-25(32)9-6-14-31-27-11-5-4-10-26(27)30)28(34)18-22-12-13-23-7-2-3-8-24(23)17-22/h2-3,7-8,12-13,17,21,25-27,31H,4-6,9-11,14-16,18-20,29-30H2,1H3/t21-,25+,26?,27?/m1/s1. The summed E-state index contributed by atoms with van der Waals surface area (Å²) in [5, 5.41) is 6.11. The molecule has 1 aliphatic carbocycles. The van der Waals surface area contributed by atoms with Gasteiger partial charge in [0.15, 0.2) is 0 Å². The highest BCUT2D eigenvalue weighted by molar-refractivity contribution is 5.85. The lowest BCUT2D eigenvalue weighted by Gasteiger charge is -2.42. The Bertz CT molecular complexity index is 932. The Morgan fingerprint density at radius 2 is 1.91 bits per heavy atom. The second kappa shape index (κ2) is 12.1. The molecular formula is C28H43N5O. The van der Waals surface area contributed by atoms with Crippen LogP contribution in [0.2, 0.25) is 0 Å². The maximum absolute atomic E-state index is 13.2. The van der Waals surface area contributed by atoms with Gasteiger partial charge in [-0.15, -0.1) is 0 Å². The molecule has 1 heterocycles. The summed E-state index contributed by atoms with van der Waals surface area (Å²) in [6.07, 6.45) is 7.50. The average Bonchev–Trinajstić information content (AvgIpc) is 2.83. The van der Waals surface area contributed by atoms with E-state index in [9.17, 15) is 4.79 Å². The van der Waals surface area contributed by atoms with E-state index in [1.54, 1.807) is 0 Å². The minimum Gasteiger partial charge on any atom is -0.340 e. The van der Waals surface area contributed by atoms with Gasteiger partial charge in [-0.25, -0.2) is 0 Å². The summed E-state index contributed by atoms with van der Waals surface area (Å²) in [5.41, 5.74) is 13.5. The van der Waals surface area contributed by atoms with Crippen LogP contribution in [0.4, 0.5) is 0 Å². The molecule has 4 atom stereocenters. The molecule has 34 heavy (non-hydrogen) atoms. The van der Waals surface area contributed by atoms with Crippen LogP contribution in [0.1, 0.15) is 51.0 Å². The fourth-order valence-electron chi connectivity index (χ4n) is 5.68. The highest BCUT2D eigenvalue weighted by Gasteiger charge is 2.30. The second-order valence-electron chi connectivity index (χ2n) is 10.5. The zero-order chi connectivity index (χ0) is 23.9. The van der Waals surface area contributed by atoms with Crippen molar-refractivity contribution in [2.24, 2.45) is 11.5 Å². The van der Waals surface area contributed by atoms with Gasteiger partial charge in [-0.2, -0.15) is 0 Å². The quantitative estimate of drug-likeness (QED) is 0.496. The summed E-state index contributed by atoms with van der Waals surface area (Å²) < 4.78 is 0. The third-order valence-corrected chi connectivity index (χ3v) is 7.59. The number of nitrogens with zero attached hydrogens (tertiary/aromatic N) is 2. The molecule has 6 nitrogen and oxygen atoms in total. The molecule has 0 radical (unpaired) electrons. The third-order valence-electron chi connectivity index (χ3n) is 7.59. The van der Waals surface area contributed by atoms with Crippen molar-refractivity contribution >= 4 is 16.7 Å². The van der Waals surface area contributed by atoms with E-state index >= 15 is 0 Å². The largest absolute Gasteiger partial charge is 0.340 e. The van der Waals surface area contributed by atoms with Gasteiger partial charge >= 0.3 is 0 Å². The van der Waals surface area contributed by atoms with Crippen LogP contribution in [0.25, 0.3) is 10.8 Å². The smallest absolute Gasteiger partial charge is 0.227 e. The van der Waals surface area contributed by atoms with Crippen LogP contribution in [0.3, 0.4) is 0 Å². The SMILES string of the molecule is C[C@@H](N)CN1CCN(C(=O)Cc2ccc3ccccc3c2)C[C@@H]1CCCNC1CCCCC1N. The molecule has 2 unspecified atom stereocenters. The van der Waals surface area contributed by atoms with Gasteiger partial charge in [0, 0.05) is 50.3 Å². The van der Waals surface area contributed by atoms with Crippen LogP contribution in [-0.2, 0) is 11.2 Å². The molecule has 2 fully saturated rings. The minimum absolute atomic E-state index is 0.140. The number of amides is 1. The Morgan fingerprint density at radius 3 is 2.71 bits per heavy atom. The van der Waals surface area contributed by atoms with Crippen LogP contribution >= 0.6 is 0 Å². The first-order valence-corrected chi connectivity index (χ1v) is 13.2. The lowest BCUT2D eigenvalue weighted by Crippen LogP contribution is -2.57. The number of rotatable bonds is 9. The van der Waals surface area contributed by atoms with Gasteiger partial charge < -0.3 is 21.7 Å². The fourth-order valence-corrected chi connectivity index (χ4v) is 5.68. The van der Waals surface area contributed by atoms with Crippen molar-refractivity contribution in [1.29, 1.82) is 0 Å². The van der Waals surface area contributed by atoms with Crippen molar-refractivity contribution in [3.8, 4) is 0 Å². The Hall–Kier alpha value is -1.99. The summed E-state index contributed by atoms with van der Waals surface area (Å²) >= 11 is 0. The second-order valence-corrected chi connectivity index (χ2v) is 10.5. The molecule has 5 N–H and O–H groups in total. The first-order valence-electron chi connectivity index (χ1n) is 13.2. The zero-order valence-corrected chi connectivity index (χ0v) is 20.8. The van der Waals surface area contributed by atoms with Gasteiger partial charge in [-0.1, -0.05) is 55.3 Å². The third kappa shape index (κ3) is 6.79. The monoisotopic (exact) mass is 465 g/mol. The molecule has 2 aromatic carbocycles. The Kier molecular flexibility index (Phi) is 8.95. The summed E-state index contributed by atoms with van der Waals surface area (Å²) in [6.45, 7) is 6.42. The minimum atomic E-state index is 0.140. The van der Waals surface area contributed by atoms with Crippen LogP contribution in [0, 0.1) is 0 Å². The van der Waals surface area contributed by atoms with Gasteiger partial charge in [0.1, 0.15) is 0 Å². The number of nitrogens with two attached hydrogens (primary N) is 2. The van der Waals surface area contributed by atoms with Crippen molar-refractivity contribution in [3.05, 3.63) is 48.0 Å². The predicted octanol–water partition coefficient (Wildman–Crippen LogP) is 2.88. The van der Waals surface area contributed by atoms with Crippen LogP contribution in [-0.4, -0.2) is 72.6 Å². The number of carbonyl (C=O) groups is 1. The van der Waals surface area contributed by atoms with Gasteiger partial charge in [-0.05, 0) is 55.5 Å². The Labute approximate surface area is 205 Å². The van der Waals surface area contributed by atoms with E-state index < -0.39 is 0 Å². The van der Waals surface area contributed by atoms with Crippen LogP contribution in [0.15, 0.2) is 42.5 Å². The van der Waals surface area contributed by atoms with Crippen molar-refractivity contribution < 1.29 is 4.79 Å². The number of hydrogen-bond acceptors (Lipinski definition) is 5. The lowest BCUT2D eigenvalue weighted by atomic mass is 9.91. The highest BCUT2D eigenvalue weighted by atomic mass is 16.2. The van der Waals surface area contributed by atoms with Gasteiger partial charge in [-0.3, -0.25) is 9.69 Å². The summed E-state index contributed by atoms with van der Waals surface area (Å²) in [5.74, 6) is 0.229. The van der Waals surface area contributed by atoms with Crippen molar-refractivity contribution in [3.63, 3.8) is 0 Å². The zero-order valence-electron chi connectivity index (χ0n) is 20.8. The number of fused-ring (bicyclic) bond motifs is 1. The first kappa shape index (κ1) is 25.1. The van der Waals surface area contributed by atoms with E-state index in [2.05, 4.69) is 52.4 Å². The first-order chi connectivity index (χ1) is 16.5. The van der Waals surface area contributed by atoms with E-state index in [1.165, 1.54) is 30.0 Å². The molecule has 0 spiro atoms. The van der Waals surface area contributed by atoms with Crippen LogP contribution < -0.4 is 16.8 Å². The normalized spacial score (nSPS) is 24.9. The number of carbonyl (C=O) groups excluding carboxylic acids is 1. The maximum atomic E-state index is 13.2. The summed E-state index contributed by atoms with van der Waals surface area (Å²) in [7, 11) is 0. The van der Waals surface area contributed by atoms with E-state index in [-0.39, 0.29) is 11.9 Å². The van der Waals surface area contributed by atoms with Gasteiger partial charge in [0.2, 0.25) is 5.91 Å². The molecular weight excluding hydrogens is 422 g/mol. The fraction of sp³-hybridized carbons (Fsp3) is 0.607. The molecule has 186 valence electrons. The molecule has 0 aromatic heterocycles. The molecule has 4 rings (SSSR count). The Morgan fingerprint density at radius 1 is 1.12 bits per heavy atom. The Balaban J connectivity index is 1.31. The number of hydrogen-bond donors (Lipinski definition) is 3. The van der Waals surface area contributed by atoms with E-state index in [0.717, 1.165) is 57.5 Å². The topological polar surface area (TPSA) is 87.6 Å².